The SMILES string of the molecule is Cl[SiH](Cl)c1ccc2ccccc2c1. The van der Waals surface area contributed by atoms with Crippen LogP contribution in [0.5, 0.6) is 0 Å². The van der Waals surface area contributed by atoms with E-state index in [0.29, 0.717) is 0 Å². The Labute approximate surface area is 88.1 Å². The highest BCUT2D eigenvalue weighted by Gasteiger charge is 2.05. The zero-order valence-corrected chi connectivity index (χ0v) is 9.54. The maximum absolute atomic E-state index is 5.91. The van der Waals surface area contributed by atoms with Crippen molar-refractivity contribution in [1.29, 1.82) is 0 Å². The van der Waals surface area contributed by atoms with Crippen LogP contribution in [0.3, 0.4) is 0 Å². The van der Waals surface area contributed by atoms with Crippen LogP contribution in [0.15, 0.2) is 42.5 Å². The number of hydrogen-bond acceptors (Lipinski definition) is 0. The molecule has 0 bridgehead atoms. The van der Waals surface area contributed by atoms with Gasteiger partial charge < -0.3 is 0 Å². The summed E-state index contributed by atoms with van der Waals surface area (Å²) in [6.45, 7) is 0. The molecule has 0 heterocycles. The van der Waals surface area contributed by atoms with Crippen molar-refractivity contribution in [3.8, 4) is 0 Å². The van der Waals surface area contributed by atoms with Crippen LogP contribution in [0.25, 0.3) is 10.8 Å². The quantitative estimate of drug-likeness (QED) is 0.519. The molecule has 0 amide bonds. The Morgan fingerprint density at radius 1 is 0.846 bits per heavy atom. The fraction of sp³-hybridized carbons (Fsp3) is 0. The van der Waals surface area contributed by atoms with E-state index < -0.39 is 7.42 Å². The minimum atomic E-state index is -1.69. The standard InChI is InChI=1S/C10H8Cl2Si/c11-13(12)10-6-5-8-3-1-2-4-9(8)7-10/h1-7,13H. The fourth-order valence-electron chi connectivity index (χ4n) is 1.34. The van der Waals surface area contributed by atoms with Gasteiger partial charge in [0.05, 0.1) is 0 Å². The Morgan fingerprint density at radius 2 is 1.54 bits per heavy atom. The molecule has 0 aliphatic carbocycles. The van der Waals surface area contributed by atoms with E-state index in [0.717, 1.165) is 5.19 Å². The molecular weight excluding hydrogens is 219 g/mol. The molecular formula is C10H8Cl2Si. The average molecular weight is 227 g/mol. The number of benzene rings is 2. The van der Waals surface area contributed by atoms with Crippen LogP contribution >= 0.6 is 22.2 Å². The van der Waals surface area contributed by atoms with E-state index >= 15 is 0 Å². The summed E-state index contributed by atoms with van der Waals surface area (Å²) in [6, 6.07) is 14.4. The molecule has 0 aromatic heterocycles. The van der Waals surface area contributed by atoms with Gasteiger partial charge in [-0.15, -0.1) is 22.2 Å². The number of rotatable bonds is 1. The minimum Gasteiger partial charge on any atom is -0.144 e. The number of halogens is 2. The van der Waals surface area contributed by atoms with Gasteiger partial charge in [-0.3, -0.25) is 0 Å². The third kappa shape index (κ3) is 1.88. The maximum atomic E-state index is 5.91. The van der Waals surface area contributed by atoms with Crippen LogP contribution in [-0.4, -0.2) is 7.42 Å². The molecule has 3 heteroatoms. The van der Waals surface area contributed by atoms with Gasteiger partial charge in [0.15, 0.2) is 0 Å². The van der Waals surface area contributed by atoms with Crippen LogP contribution in [0, 0.1) is 0 Å². The molecule has 0 spiro atoms. The summed E-state index contributed by atoms with van der Waals surface area (Å²) in [5.41, 5.74) is 0. The molecule has 13 heavy (non-hydrogen) atoms. The van der Waals surface area contributed by atoms with Crippen LogP contribution in [0.2, 0.25) is 0 Å². The predicted molar refractivity (Wildman–Crippen MR) is 62.4 cm³/mol. The van der Waals surface area contributed by atoms with Gasteiger partial charge in [-0.25, -0.2) is 0 Å². The van der Waals surface area contributed by atoms with Crippen LogP contribution in [0.1, 0.15) is 0 Å². The van der Waals surface area contributed by atoms with Gasteiger partial charge in [0.25, 0.3) is 7.42 Å². The lowest BCUT2D eigenvalue weighted by atomic mass is 10.1. The summed E-state index contributed by atoms with van der Waals surface area (Å²) in [5, 5.41) is 3.52. The highest BCUT2D eigenvalue weighted by atomic mass is 35.7. The summed E-state index contributed by atoms with van der Waals surface area (Å²) in [7, 11) is -1.69. The lowest BCUT2D eigenvalue weighted by Gasteiger charge is -2.02. The first-order valence-corrected chi connectivity index (χ1v) is 8.11. The smallest absolute Gasteiger partial charge is 0.144 e. The van der Waals surface area contributed by atoms with Crippen molar-refractivity contribution in [3.05, 3.63) is 42.5 Å². The molecule has 0 saturated heterocycles. The zero-order valence-electron chi connectivity index (χ0n) is 6.87. The zero-order chi connectivity index (χ0) is 9.26. The fourth-order valence-corrected chi connectivity index (χ4v) is 2.71. The van der Waals surface area contributed by atoms with E-state index in [2.05, 4.69) is 24.3 Å². The molecule has 0 aliphatic heterocycles. The number of fused-ring (bicyclic) bond motifs is 1. The largest absolute Gasteiger partial charge is 0.266 e. The molecule has 0 saturated carbocycles. The van der Waals surface area contributed by atoms with E-state index in [1.165, 1.54) is 10.8 Å². The van der Waals surface area contributed by atoms with Gasteiger partial charge in [-0.2, -0.15) is 0 Å². The molecule has 2 rings (SSSR count). The predicted octanol–water partition coefficient (Wildman–Crippen LogP) is 2.74. The van der Waals surface area contributed by atoms with Crippen LogP contribution < -0.4 is 5.19 Å². The molecule has 0 radical (unpaired) electrons. The van der Waals surface area contributed by atoms with Crippen LogP contribution in [0.4, 0.5) is 0 Å². The average Bonchev–Trinajstić information content (AvgIpc) is 2.17. The van der Waals surface area contributed by atoms with E-state index in [9.17, 15) is 0 Å². The van der Waals surface area contributed by atoms with Crippen molar-refractivity contribution >= 4 is 45.5 Å². The van der Waals surface area contributed by atoms with Gasteiger partial charge in [-0.1, -0.05) is 42.5 Å². The van der Waals surface area contributed by atoms with Gasteiger partial charge in [0.2, 0.25) is 0 Å². The molecule has 2 aromatic carbocycles. The van der Waals surface area contributed by atoms with E-state index in [1.807, 2.05) is 18.2 Å². The normalized spacial score (nSPS) is 11.0. The highest BCUT2D eigenvalue weighted by Crippen LogP contribution is 2.12. The summed E-state index contributed by atoms with van der Waals surface area (Å²) in [4.78, 5) is 0. The summed E-state index contributed by atoms with van der Waals surface area (Å²) < 4.78 is 0. The second-order valence-corrected chi connectivity index (χ2v) is 7.46. The van der Waals surface area contributed by atoms with E-state index in [4.69, 9.17) is 22.2 Å². The molecule has 2 aromatic rings. The summed E-state index contributed by atoms with van der Waals surface area (Å²) in [5.74, 6) is 0. The van der Waals surface area contributed by atoms with Crippen molar-refractivity contribution in [2.45, 2.75) is 0 Å². The molecule has 0 N–H and O–H groups in total. The molecule has 0 unspecified atom stereocenters. The highest BCUT2D eigenvalue weighted by molar-refractivity contribution is 7.39. The Balaban J connectivity index is 2.62. The minimum absolute atomic E-state index is 1.09. The third-order valence-corrected chi connectivity index (χ3v) is 4.40. The number of hydrogen-bond donors (Lipinski definition) is 0. The van der Waals surface area contributed by atoms with Gasteiger partial charge in [0.1, 0.15) is 0 Å². The van der Waals surface area contributed by atoms with Crippen molar-refractivity contribution in [2.75, 3.05) is 0 Å². The van der Waals surface area contributed by atoms with Gasteiger partial charge >= 0.3 is 0 Å². The van der Waals surface area contributed by atoms with Crippen LogP contribution in [-0.2, 0) is 0 Å². The summed E-state index contributed by atoms with van der Waals surface area (Å²) in [6.07, 6.45) is 0. The van der Waals surface area contributed by atoms with Crippen molar-refractivity contribution < 1.29 is 0 Å². The molecule has 0 fully saturated rings. The summed E-state index contributed by atoms with van der Waals surface area (Å²) >= 11 is 11.8. The van der Waals surface area contributed by atoms with E-state index in [1.54, 1.807) is 0 Å². The van der Waals surface area contributed by atoms with Crippen molar-refractivity contribution in [1.82, 2.24) is 0 Å². The molecule has 0 atom stereocenters. The monoisotopic (exact) mass is 226 g/mol. The Bertz CT molecular complexity index is 426. The first kappa shape index (κ1) is 9.07. The Hall–Kier alpha value is -0.503. The Kier molecular flexibility index (Phi) is 2.58. The topological polar surface area (TPSA) is 0 Å². The maximum Gasteiger partial charge on any atom is 0.266 e. The second-order valence-electron chi connectivity index (χ2n) is 2.91. The lowest BCUT2D eigenvalue weighted by molar-refractivity contribution is 1.78. The molecule has 0 nitrogen and oxygen atoms in total. The van der Waals surface area contributed by atoms with E-state index in [-0.39, 0.29) is 0 Å². The molecule has 66 valence electrons. The first-order chi connectivity index (χ1) is 6.27. The molecule has 0 aliphatic rings. The van der Waals surface area contributed by atoms with Crippen molar-refractivity contribution in [2.24, 2.45) is 0 Å². The van der Waals surface area contributed by atoms with Gasteiger partial charge in [0, 0.05) is 0 Å². The third-order valence-electron chi connectivity index (χ3n) is 2.03. The van der Waals surface area contributed by atoms with Gasteiger partial charge in [-0.05, 0) is 16.0 Å². The second kappa shape index (κ2) is 3.70. The van der Waals surface area contributed by atoms with Crippen molar-refractivity contribution in [3.63, 3.8) is 0 Å². The first-order valence-electron chi connectivity index (χ1n) is 4.04. The lowest BCUT2D eigenvalue weighted by Crippen LogP contribution is -2.17. The Morgan fingerprint density at radius 3 is 2.23 bits per heavy atom.